The normalized spacial score (nSPS) is 12.3. The van der Waals surface area contributed by atoms with Gasteiger partial charge in [0.1, 0.15) is 0 Å². The first-order valence-corrected chi connectivity index (χ1v) is 12.8. The van der Waals surface area contributed by atoms with Crippen LogP contribution in [0.5, 0.6) is 0 Å². The third-order valence-electron chi connectivity index (χ3n) is 5.55. The van der Waals surface area contributed by atoms with Crippen molar-refractivity contribution >= 4 is 67.3 Å². The summed E-state index contributed by atoms with van der Waals surface area (Å²) in [6.07, 6.45) is 0. The molecule has 32 heavy (non-hydrogen) atoms. The number of fused-ring (bicyclic) bond motifs is 4. The van der Waals surface area contributed by atoms with Crippen LogP contribution in [-0.2, 0) is 0 Å². The van der Waals surface area contributed by atoms with Crippen LogP contribution in [0.25, 0.3) is 10.8 Å². The Hall–Kier alpha value is -2.66. The Balaban J connectivity index is 1.66. The minimum absolute atomic E-state index is 1.14. The zero-order valence-electron chi connectivity index (χ0n) is 17.0. The molecule has 0 spiro atoms. The smallest absolute Gasteiger partial charge is 0.0619 e. The SMILES string of the molecule is Brc1cccc2c1Sc1c(N(c3ccccc3)c3ccccc3)cc3ccccc3c1S2. The molecule has 0 saturated carbocycles. The van der Waals surface area contributed by atoms with Crippen molar-refractivity contribution in [3.8, 4) is 0 Å². The highest BCUT2D eigenvalue weighted by atomic mass is 79.9. The number of benzene rings is 5. The van der Waals surface area contributed by atoms with Gasteiger partial charge in [-0.05, 0) is 69.2 Å². The molecule has 0 aromatic heterocycles. The number of anilines is 3. The summed E-state index contributed by atoms with van der Waals surface area (Å²) in [7, 11) is 0. The van der Waals surface area contributed by atoms with Crippen molar-refractivity contribution in [2.24, 2.45) is 0 Å². The molecule has 154 valence electrons. The molecule has 0 fully saturated rings. The number of halogens is 1. The van der Waals surface area contributed by atoms with E-state index in [1.54, 1.807) is 0 Å². The van der Waals surface area contributed by atoms with Gasteiger partial charge < -0.3 is 4.90 Å². The zero-order valence-corrected chi connectivity index (χ0v) is 20.3. The quantitative estimate of drug-likeness (QED) is 0.232. The van der Waals surface area contributed by atoms with Crippen molar-refractivity contribution in [3.05, 3.63) is 114 Å². The van der Waals surface area contributed by atoms with Gasteiger partial charge in [0.15, 0.2) is 0 Å². The first kappa shape index (κ1) is 20.0. The summed E-state index contributed by atoms with van der Waals surface area (Å²) < 4.78 is 1.14. The van der Waals surface area contributed by atoms with Gasteiger partial charge in [0.05, 0.1) is 10.6 Å². The fourth-order valence-corrected chi connectivity index (χ4v) is 7.41. The van der Waals surface area contributed by atoms with E-state index in [1.807, 2.05) is 23.5 Å². The minimum Gasteiger partial charge on any atom is -0.309 e. The van der Waals surface area contributed by atoms with E-state index in [-0.39, 0.29) is 0 Å². The Kier molecular flexibility index (Phi) is 5.22. The molecule has 0 aliphatic carbocycles. The number of hydrogen-bond acceptors (Lipinski definition) is 3. The second-order valence-electron chi connectivity index (χ2n) is 7.55. The van der Waals surface area contributed by atoms with Gasteiger partial charge in [0, 0.05) is 30.5 Å². The summed E-state index contributed by atoms with van der Waals surface area (Å²) >= 11 is 7.52. The number of rotatable bonds is 3. The molecule has 0 atom stereocenters. The van der Waals surface area contributed by atoms with E-state index in [4.69, 9.17) is 0 Å². The minimum atomic E-state index is 1.14. The monoisotopic (exact) mass is 511 g/mol. The first-order valence-electron chi connectivity index (χ1n) is 10.4. The predicted octanol–water partition coefficient (Wildman–Crippen LogP) is 9.69. The van der Waals surface area contributed by atoms with E-state index in [0.29, 0.717) is 0 Å². The molecule has 0 amide bonds. The van der Waals surface area contributed by atoms with Crippen molar-refractivity contribution in [1.82, 2.24) is 0 Å². The van der Waals surface area contributed by atoms with Gasteiger partial charge in [0.25, 0.3) is 0 Å². The maximum atomic E-state index is 3.79. The lowest BCUT2D eigenvalue weighted by Gasteiger charge is -2.31. The van der Waals surface area contributed by atoms with Gasteiger partial charge in [-0.1, -0.05) is 90.3 Å². The van der Waals surface area contributed by atoms with Gasteiger partial charge in [-0.2, -0.15) is 0 Å². The first-order chi connectivity index (χ1) is 15.8. The molecular formula is C28H18BrNS2. The lowest BCUT2D eigenvalue weighted by molar-refractivity contribution is 1.13. The molecule has 1 aliphatic heterocycles. The van der Waals surface area contributed by atoms with Crippen LogP contribution in [0.1, 0.15) is 0 Å². The number of hydrogen-bond donors (Lipinski definition) is 0. The van der Waals surface area contributed by atoms with Crippen LogP contribution in [0.2, 0.25) is 0 Å². The third kappa shape index (κ3) is 3.43. The molecule has 0 unspecified atom stereocenters. The summed E-state index contributed by atoms with van der Waals surface area (Å²) in [6, 6.07) is 38.8. The molecule has 1 nitrogen and oxygen atoms in total. The molecule has 4 heteroatoms. The average Bonchev–Trinajstić information content (AvgIpc) is 2.85. The van der Waals surface area contributed by atoms with Gasteiger partial charge in [-0.15, -0.1) is 0 Å². The van der Waals surface area contributed by atoms with Crippen LogP contribution in [0.15, 0.2) is 133 Å². The van der Waals surface area contributed by atoms with Crippen molar-refractivity contribution in [2.45, 2.75) is 19.6 Å². The van der Waals surface area contributed by atoms with Crippen LogP contribution in [0.4, 0.5) is 17.1 Å². The van der Waals surface area contributed by atoms with Crippen LogP contribution in [-0.4, -0.2) is 0 Å². The molecule has 0 N–H and O–H groups in total. The fourth-order valence-electron chi connectivity index (χ4n) is 4.11. The second-order valence-corrected chi connectivity index (χ2v) is 10.5. The van der Waals surface area contributed by atoms with Crippen LogP contribution in [0.3, 0.4) is 0 Å². The summed E-state index contributed by atoms with van der Waals surface area (Å²) in [5.41, 5.74) is 3.51. The van der Waals surface area contributed by atoms with E-state index < -0.39 is 0 Å². The highest BCUT2D eigenvalue weighted by molar-refractivity contribution is 9.10. The van der Waals surface area contributed by atoms with Gasteiger partial charge in [-0.25, -0.2) is 0 Å². The van der Waals surface area contributed by atoms with Crippen molar-refractivity contribution in [1.29, 1.82) is 0 Å². The van der Waals surface area contributed by atoms with E-state index in [0.717, 1.165) is 15.8 Å². The van der Waals surface area contributed by atoms with Crippen molar-refractivity contribution < 1.29 is 0 Å². The van der Waals surface area contributed by atoms with Crippen LogP contribution in [0, 0.1) is 0 Å². The van der Waals surface area contributed by atoms with Gasteiger partial charge in [0.2, 0.25) is 0 Å². The molecular weight excluding hydrogens is 494 g/mol. The molecule has 5 aromatic rings. The largest absolute Gasteiger partial charge is 0.309 e. The molecule has 0 saturated heterocycles. The summed E-state index contributed by atoms with van der Waals surface area (Å²) in [5.74, 6) is 0. The molecule has 0 bridgehead atoms. The zero-order chi connectivity index (χ0) is 21.5. The van der Waals surface area contributed by atoms with E-state index in [2.05, 4.69) is 130 Å². The van der Waals surface area contributed by atoms with E-state index in [9.17, 15) is 0 Å². The maximum Gasteiger partial charge on any atom is 0.0619 e. The van der Waals surface area contributed by atoms with Gasteiger partial charge >= 0.3 is 0 Å². The lowest BCUT2D eigenvalue weighted by atomic mass is 10.1. The van der Waals surface area contributed by atoms with Crippen molar-refractivity contribution in [3.63, 3.8) is 0 Å². The summed E-state index contributed by atoms with van der Waals surface area (Å²) in [4.78, 5) is 7.57. The Morgan fingerprint density at radius 2 is 1.22 bits per heavy atom. The summed E-state index contributed by atoms with van der Waals surface area (Å²) in [5, 5.41) is 2.56. The van der Waals surface area contributed by atoms with E-state index in [1.165, 1.54) is 36.0 Å². The van der Waals surface area contributed by atoms with Gasteiger partial charge in [-0.3, -0.25) is 0 Å². The maximum absolute atomic E-state index is 3.79. The van der Waals surface area contributed by atoms with Crippen LogP contribution >= 0.6 is 39.5 Å². The molecule has 1 heterocycles. The Morgan fingerprint density at radius 1 is 0.562 bits per heavy atom. The molecule has 5 aromatic carbocycles. The molecule has 6 rings (SSSR count). The Labute approximate surface area is 204 Å². The van der Waals surface area contributed by atoms with Crippen LogP contribution < -0.4 is 4.90 Å². The standard InChI is InChI=1S/C28H18BrNS2/c29-23-16-9-17-25-27(23)32-28-24(18-19-10-7-8-15-22(19)26(28)31-25)30(20-11-3-1-4-12-20)21-13-5-2-6-14-21/h1-18H. The molecule has 1 aliphatic rings. The van der Waals surface area contributed by atoms with E-state index >= 15 is 0 Å². The predicted molar refractivity (Wildman–Crippen MR) is 141 cm³/mol. The Morgan fingerprint density at radius 3 is 1.94 bits per heavy atom. The number of para-hydroxylation sites is 2. The fraction of sp³-hybridized carbons (Fsp3) is 0. The lowest BCUT2D eigenvalue weighted by Crippen LogP contribution is -2.12. The number of nitrogens with zero attached hydrogens (tertiary/aromatic N) is 1. The second kappa shape index (κ2) is 8.36. The van der Waals surface area contributed by atoms with Crippen molar-refractivity contribution in [2.75, 3.05) is 4.90 Å². The average molecular weight is 512 g/mol. The topological polar surface area (TPSA) is 3.24 Å². The highest BCUT2D eigenvalue weighted by Gasteiger charge is 2.27. The molecule has 0 radical (unpaired) electrons. The third-order valence-corrected chi connectivity index (χ3v) is 9.18. The Bertz CT molecular complexity index is 1400. The highest BCUT2D eigenvalue weighted by Crippen LogP contribution is 2.57. The summed E-state index contributed by atoms with van der Waals surface area (Å²) in [6.45, 7) is 0.